The van der Waals surface area contributed by atoms with Crippen molar-refractivity contribution in [2.24, 2.45) is 0 Å². The van der Waals surface area contributed by atoms with Gasteiger partial charge in [0.15, 0.2) is 5.01 Å². The minimum atomic E-state index is -0.760. The maximum atomic E-state index is 12.6. The highest BCUT2D eigenvalue weighted by Gasteiger charge is 2.24. The zero-order valence-corrected chi connectivity index (χ0v) is 15.7. The first-order chi connectivity index (χ1) is 13.2. The van der Waals surface area contributed by atoms with Gasteiger partial charge in [-0.3, -0.25) is 4.79 Å². The van der Waals surface area contributed by atoms with Crippen molar-refractivity contribution >= 4 is 23.2 Å². The third kappa shape index (κ3) is 5.01. The van der Waals surface area contributed by atoms with Crippen LogP contribution < -0.4 is 5.32 Å². The SMILES string of the molecule is CCOC(=O)C(Cc1ccccc1)NC(=O)c1nc(-c2ccccc2)cs1. The van der Waals surface area contributed by atoms with Gasteiger partial charge in [0.25, 0.3) is 5.91 Å². The molecule has 1 atom stereocenters. The molecule has 1 unspecified atom stereocenters. The second-order valence-corrected chi connectivity index (χ2v) is 6.73. The van der Waals surface area contributed by atoms with Crippen molar-refractivity contribution in [2.75, 3.05) is 6.61 Å². The second-order valence-electron chi connectivity index (χ2n) is 5.87. The number of carbonyl (C=O) groups excluding carboxylic acids is 2. The lowest BCUT2D eigenvalue weighted by atomic mass is 10.1. The minimum Gasteiger partial charge on any atom is -0.464 e. The number of benzene rings is 2. The molecule has 0 aliphatic heterocycles. The van der Waals surface area contributed by atoms with E-state index in [0.717, 1.165) is 16.8 Å². The topological polar surface area (TPSA) is 68.3 Å². The highest BCUT2D eigenvalue weighted by molar-refractivity contribution is 7.12. The van der Waals surface area contributed by atoms with Crippen molar-refractivity contribution in [1.29, 1.82) is 0 Å². The van der Waals surface area contributed by atoms with Crippen LogP contribution in [0.2, 0.25) is 0 Å². The Morgan fingerprint density at radius 3 is 2.41 bits per heavy atom. The molecule has 138 valence electrons. The number of esters is 1. The van der Waals surface area contributed by atoms with Crippen molar-refractivity contribution in [1.82, 2.24) is 10.3 Å². The Labute approximate surface area is 162 Å². The molecule has 6 heteroatoms. The summed E-state index contributed by atoms with van der Waals surface area (Å²) in [6.45, 7) is 2.00. The van der Waals surface area contributed by atoms with Gasteiger partial charge in [-0.05, 0) is 12.5 Å². The largest absolute Gasteiger partial charge is 0.464 e. The van der Waals surface area contributed by atoms with Crippen LogP contribution in [0.4, 0.5) is 0 Å². The molecule has 3 aromatic rings. The zero-order chi connectivity index (χ0) is 19.1. The molecule has 0 saturated carbocycles. The molecule has 5 nitrogen and oxygen atoms in total. The van der Waals surface area contributed by atoms with Crippen molar-refractivity contribution in [2.45, 2.75) is 19.4 Å². The molecule has 1 heterocycles. The summed E-state index contributed by atoms with van der Waals surface area (Å²) in [7, 11) is 0. The lowest BCUT2D eigenvalue weighted by Gasteiger charge is -2.16. The average molecular weight is 380 g/mol. The Hall–Kier alpha value is -2.99. The van der Waals surface area contributed by atoms with Crippen LogP contribution in [0.15, 0.2) is 66.0 Å². The van der Waals surface area contributed by atoms with Gasteiger partial charge < -0.3 is 10.1 Å². The number of carbonyl (C=O) groups is 2. The summed E-state index contributed by atoms with van der Waals surface area (Å²) in [6.07, 6.45) is 0.363. The Bertz CT molecular complexity index is 894. The Morgan fingerprint density at radius 2 is 1.74 bits per heavy atom. The molecule has 0 fully saturated rings. The lowest BCUT2D eigenvalue weighted by molar-refractivity contribution is -0.145. The number of ether oxygens (including phenoxy) is 1. The first kappa shape index (κ1) is 18.8. The fourth-order valence-corrected chi connectivity index (χ4v) is 3.35. The number of rotatable bonds is 7. The van der Waals surface area contributed by atoms with Gasteiger partial charge in [-0.25, -0.2) is 9.78 Å². The first-order valence-corrected chi connectivity index (χ1v) is 9.57. The summed E-state index contributed by atoms with van der Waals surface area (Å²) < 4.78 is 5.12. The van der Waals surface area contributed by atoms with Crippen LogP contribution in [-0.2, 0) is 16.0 Å². The Kier molecular flexibility index (Phi) is 6.33. The molecular weight excluding hydrogens is 360 g/mol. The number of aromatic nitrogens is 1. The van der Waals surface area contributed by atoms with Crippen LogP contribution in [0, 0.1) is 0 Å². The van der Waals surface area contributed by atoms with E-state index in [0.29, 0.717) is 11.4 Å². The average Bonchev–Trinajstić information content (AvgIpc) is 3.19. The summed E-state index contributed by atoms with van der Waals surface area (Å²) in [4.78, 5) is 29.3. The summed E-state index contributed by atoms with van der Waals surface area (Å²) in [6, 6.07) is 18.4. The molecule has 1 N–H and O–H groups in total. The zero-order valence-electron chi connectivity index (χ0n) is 14.9. The molecule has 0 bridgehead atoms. The molecule has 1 amide bonds. The van der Waals surface area contributed by atoms with Crippen molar-refractivity contribution < 1.29 is 14.3 Å². The van der Waals surface area contributed by atoms with Gasteiger partial charge in [-0.2, -0.15) is 0 Å². The summed E-state index contributed by atoms with van der Waals surface area (Å²) >= 11 is 1.25. The van der Waals surface area contributed by atoms with Crippen LogP contribution in [0.1, 0.15) is 22.3 Å². The van der Waals surface area contributed by atoms with E-state index in [1.807, 2.05) is 66.0 Å². The van der Waals surface area contributed by atoms with E-state index >= 15 is 0 Å². The summed E-state index contributed by atoms with van der Waals surface area (Å²) in [5, 5.41) is 4.92. The molecule has 0 aliphatic rings. The number of nitrogens with one attached hydrogen (secondary N) is 1. The molecule has 0 radical (unpaired) electrons. The number of hydrogen-bond donors (Lipinski definition) is 1. The highest BCUT2D eigenvalue weighted by atomic mass is 32.1. The van der Waals surface area contributed by atoms with E-state index in [2.05, 4.69) is 10.3 Å². The standard InChI is InChI=1S/C21H20N2O3S/c1-2-26-21(25)17(13-15-9-5-3-6-10-15)22-19(24)20-23-18(14-27-20)16-11-7-4-8-12-16/h3-12,14,17H,2,13H2,1H3,(H,22,24). The fraction of sp³-hybridized carbons (Fsp3) is 0.190. The third-order valence-electron chi connectivity index (χ3n) is 3.93. The van der Waals surface area contributed by atoms with Gasteiger partial charge in [0, 0.05) is 17.4 Å². The van der Waals surface area contributed by atoms with Crippen LogP contribution in [0.3, 0.4) is 0 Å². The molecule has 0 aliphatic carbocycles. The second kappa shape index (κ2) is 9.09. The maximum Gasteiger partial charge on any atom is 0.328 e. The maximum absolute atomic E-state index is 12.6. The van der Waals surface area contributed by atoms with E-state index in [4.69, 9.17) is 4.74 Å². The predicted molar refractivity (Wildman–Crippen MR) is 106 cm³/mol. The van der Waals surface area contributed by atoms with Crippen molar-refractivity contribution in [3.05, 3.63) is 76.6 Å². The van der Waals surface area contributed by atoms with Crippen LogP contribution in [-0.4, -0.2) is 29.5 Å². The molecule has 1 aromatic heterocycles. The third-order valence-corrected chi connectivity index (χ3v) is 4.77. The number of amides is 1. The molecular formula is C21H20N2O3S. The van der Waals surface area contributed by atoms with Crippen LogP contribution in [0.25, 0.3) is 11.3 Å². The van der Waals surface area contributed by atoms with Crippen molar-refractivity contribution in [3.63, 3.8) is 0 Å². The van der Waals surface area contributed by atoms with E-state index in [9.17, 15) is 9.59 Å². The first-order valence-electron chi connectivity index (χ1n) is 8.69. The van der Waals surface area contributed by atoms with E-state index in [-0.39, 0.29) is 12.5 Å². The van der Waals surface area contributed by atoms with Gasteiger partial charge in [0.1, 0.15) is 6.04 Å². The molecule has 27 heavy (non-hydrogen) atoms. The monoisotopic (exact) mass is 380 g/mol. The van der Waals surface area contributed by atoms with Gasteiger partial charge in [-0.1, -0.05) is 60.7 Å². The number of hydrogen-bond acceptors (Lipinski definition) is 5. The summed E-state index contributed by atoms with van der Waals surface area (Å²) in [5.41, 5.74) is 2.63. The summed E-state index contributed by atoms with van der Waals surface area (Å²) in [5.74, 6) is -0.828. The molecule has 3 rings (SSSR count). The van der Waals surface area contributed by atoms with E-state index in [1.54, 1.807) is 6.92 Å². The minimum absolute atomic E-state index is 0.259. The van der Waals surface area contributed by atoms with Crippen molar-refractivity contribution in [3.8, 4) is 11.3 Å². The lowest BCUT2D eigenvalue weighted by Crippen LogP contribution is -2.43. The number of thiazole rings is 1. The van der Waals surface area contributed by atoms with E-state index in [1.165, 1.54) is 11.3 Å². The Balaban J connectivity index is 1.74. The smallest absolute Gasteiger partial charge is 0.328 e. The van der Waals surface area contributed by atoms with E-state index < -0.39 is 12.0 Å². The molecule has 0 saturated heterocycles. The van der Waals surface area contributed by atoms with Gasteiger partial charge in [0.05, 0.1) is 12.3 Å². The number of nitrogens with zero attached hydrogens (tertiary/aromatic N) is 1. The van der Waals surface area contributed by atoms with Crippen LogP contribution in [0.5, 0.6) is 0 Å². The molecule has 2 aromatic carbocycles. The van der Waals surface area contributed by atoms with Crippen LogP contribution >= 0.6 is 11.3 Å². The normalized spacial score (nSPS) is 11.6. The van der Waals surface area contributed by atoms with Gasteiger partial charge in [0.2, 0.25) is 0 Å². The fourth-order valence-electron chi connectivity index (χ4n) is 2.63. The Morgan fingerprint density at radius 1 is 1.07 bits per heavy atom. The van der Waals surface area contributed by atoms with Gasteiger partial charge >= 0.3 is 5.97 Å². The highest BCUT2D eigenvalue weighted by Crippen LogP contribution is 2.21. The molecule has 0 spiro atoms. The predicted octanol–water partition coefficient (Wildman–Crippen LogP) is 3.71. The van der Waals surface area contributed by atoms with Gasteiger partial charge in [-0.15, -0.1) is 11.3 Å². The quantitative estimate of drug-likeness (QED) is 0.635.